The summed E-state index contributed by atoms with van der Waals surface area (Å²) in [7, 11) is 1.63. The highest BCUT2D eigenvalue weighted by Crippen LogP contribution is 1.88. The van der Waals surface area contributed by atoms with Crippen molar-refractivity contribution in [2.24, 2.45) is 0 Å². The van der Waals surface area contributed by atoms with Crippen LogP contribution in [0, 0.1) is 0 Å². The molecule has 0 atom stereocenters. The summed E-state index contributed by atoms with van der Waals surface area (Å²) < 4.78 is 4.87. The number of rotatable bonds is 10. The molecule has 0 radical (unpaired) electrons. The Bertz CT molecular complexity index is 198. The van der Waals surface area contributed by atoms with Crippen molar-refractivity contribution >= 4 is 5.91 Å². The number of hydrogen-bond acceptors (Lipinski definition) is 4. The summed E-state index contributed by atoms with van der Waals surface area (Å²) in [6.45, 7) is 6.29. The minimum Gasteiger partial charge on any atom is -0.395 e. The van der Waals surface area contributed by atoms with Crippen molar-refractivity contribution < 1.29 is 14.6 Å². The third-order valence-electron chi connectivity index (χ3n) is 2.02. The Kier molecular flexibility index (Phi) is 10.00. The lowest BCUT2D eigenvalue weighted by Gasteiger charge is -2.18. The third-order valence-corrected chi connectivity index (χ3v) is 2.02. The molecule has 2 N–H and O–H groups in total. The van der Waals surface area contributed by atoms with E-state index in [1.54, 1.807) is 13.2 Å². The predicted molar refractivity (Wildman–Crippen MR) is 63.2 cm³/mol. The van der Waals surface area contributed by atoms with Gasteiger partial charge in [-0.3, -0.25) is 9.69 Å². The SMILES string of the molecule is C=CCN(CCO)CC(=O)NCCCOC. The lowest BCUT2D eigenvalue weighted by molar-refractivity contribution is -0.122. The maximum atomic E-state index is 11.5. The molecule has 0 aliphatic heterocycles. The Morgan fingerprint density at radius 1 is 1.62 bits per heavy atom. The molecule has 0 saturated heterocycles. The van der Waals surface area contributed by atoms with E-state index in [2.05, 4.69) is 11.9 Å². The van der Waals surface area contributed by atoms with Crippen LogP contribution in [0.4, 0.5) is 0 Å². The average Bonchev–Trinajstić information content (AvgIpc) is 2.25. The zero-order chi connectivity index (χ0) is 12.2. The van der Waals surface area contributed by atoms with E-state index < -0.39 is 0 Å². The van der Waals surface area contributed by atoms with Crippen LogP contribution in [0.2, 0.25) is 0 Å². The van der Waals surface area contributed by atoms with Gasteiger partial charge in [0.2, 0.25) is 5.91 Å². The molecule has 0 spiro atoms. The van der Waals surface area contributed by atoms with E-state index in [0.29, 0.717) is 32.8 Å². The number of methoxy groups -OCH3 is 1. The van der Waals surface area contributed by atoms with Crippen molar-refractivity contribution in [2.75, 3.05) is 46.5 Å². The molecule has 0 heterocycles. The fourth-order valence-corrected chi connectivity index (χ4v) is 1.26. The standard InChI is InChI=1S/C11H22N2O3/c1-3-6-13(7-8-14)10-11(15)12-5-4-9-16-2/h3,14H,1,4-10H2,2H3,(H,12,15). The van der Waals surface area contributed by atoms with Gasteiger partial charge < -0.3 is 15.2 Å². The molecule has 0 unspecified atom stereocenters. The zero-order valence-electron chi connectivity index (χ0n) is 9.95. The Hall–Kier alpha value is -0.910. The number of hydrogen-bond donors (Lipinski definition) is 2. The second kappa shape index (κ2) is 10.6. The van der Waals surface area contributed by atoms with Gasteiger partial charge in [0.05, 0.1) is 13.2 Å². The van der Waals surface area contributed by atoms with E-state index in [0.717, 1.165) is 6.42 Å². The first-order chi connectivity index (χ1) is 7.74. The maximum absolute atomic E-state index is 11.5. The van der Waals surface area contributed by atoms with E-state index >= 15 is 0 Å². The van der Waals surface area contributed by atoms with Gasteiger partial charge in [-0.05, 0) is 6.42 Å². The summed E-state index contributed by atoms with van der Waals surface area (Å²) in [5, 5.41) is 11.6. The van der Waals surface area contributed by atoms with Gasteiger partial charge in [0.1, 0.15) is 0 Å². The molecule has 1 amide bonds. The normalized spacial score (nSPS) is 10.4. The number of nitrogens with one attached hydrogen (secondary N) is 1. The van der Waals surface area contributed by atoms with E-state index in [1.807, 2.05) is 4.90 Å². The summed E-state index contributed by atoms with van der Waals surface area (Å²) in [4.78, 5) is 13.3. The Morgan fingerprint density at radius 2 is 2.38 bits per heavy atom. The van der Waals surface area contributed by atoms with Crippen LogP contribution in [0.1, 0.15) is 6.42 Å². The molecule has 0 rings (SSSR count). The lowest BCUT2D eigenvalue weighted by atomic mass is 10.4. The molecule has 0 aromatic rings. The molecule has 0 aliphatic carbocycles. The zero-order valence-corrected chi connectivity index (χ0v) is 9.95. The highest BCUT2D eigenvalue weighted by atomic mass is 16.5. The first kappa shape index (κ1) is 15.1. The Balaban J connectivity index is 3.67. The van der Waals surface area contributed by atoms with E-state index in [9.17, 15) is 4.79 Å². The molecule has 5 nitrogen and oxygen atoms in total. The van der Waals surface area contributed by atoms with Crippen molar-refractivity contribution in [3.63, 3.8) is 0 Å². The van der Waals surface area contributed by atoms with Crippen molar-refractivity contribution in [3.05, 3.63) is 12.7 Å². The maximum Gasteiger partial charge on any atom is 0.234 e. The third kappa shape index (κ3) is 8.40. The predicted octanol–water partition coefficient (Wildman–Crippen LogP) is -0.381. The van der Waals surface area contributed by atoms with Crippen LogP contribution >= 0.6 is 0 Å². The van der Waals surface area contributed by atoms with Gasteiger partial charge in [-0.25, -0.2) is 0 Å². The lowest BCUT2D eigenvalue weighted by Crippen LogP contribution is -2.39. The second-order valence-electron chi connectivity index (χ2n) is 3.44. The Morgan fingerprint density at radius 3 is 2.94 bits per heavy atom. The number of carbonyl (C=O) groups is 1. The van der Waals surface area contributed by atoms with Crippen molar-refractivity contribution in [1.29, 1.82) is 0 Å². The van der Waals surface area contributed by atoms with E-state index in [-0.39, 0.29) is 12.5 Å². The quantitative estimate of drug-likeness (QED) is 0.397. The monoisotopic (exact) mass is 230 g/mol. The molecule has 0 aromatic carbocycles. The van der Waals surface area contributed by atoms with Crippen LogP contribution < -0.4 is 5.32 Å². The van der Waals surface area contributed by atoms with Gasteiger partial charge in [0, 0.05) is 33.4 Å². The minimum atomic E-state index is -0.0357. The number of amides is 1. The van der Waals surface area contributed by atoms with Crippen LogP contribution in [0.15, 0.2) is 12.7 Å². The summed E-state index contributed by atoms with van der Waals surface area (Å²) >= 11 is 0. The number of aliphatic hydroxyl groups excluding tert-OH is 1. The minimum absolute atomic E-state index is 0.0357. The number of carbonyl (C=O) groups excluding carboxylic acids is 1. The summed E-state index contributed by atoms with van der Waals surface area (Å²) in [6, 6.07) is 0. The van der Waals surface area contributed by atoms with Crippen LogP contribution in [0.25, 0.3) is 0 Å². The molecule has 16 heavy (non-hydrogen) atoms. The van der Waals surface area contributed by atoms with Gasteiger partial charge in [-0.15, -0.1) is 6.58 Å². The van der Waals surface area contributed by atoms with Crippen LogP contribution in [0.3, 0.4) is 0 Å². The molecule has 94 valence electrons. The van der Waals surface area contributed by atoms with Crippen molar-refractivity contribution in [2.45, 2.75) is 6.42 Å². The molecule has 0 aromatic heterocycles. The van der Waals surface area contributed by atoms with Gasteiger partial charge in [-0.1, -0.05) is 6.08 Å². The summed E-state index contributed by atoms with van der Waals surface area (Å²) in [6.07, 6.45) is 2.53. The fraction of sp³-hybridized carbons (Fsp3) is 0.727. The molecule has 0 fully saturated rings. The Labute approximate surface area is 97.1 Å². The number of ether oxygens (including phenoxy) is 1. The van der Waals surface area contributed by atoms with Crippen molar-refractivity contribution in [3.8, 4) is 0 Å². The van der Waals surface area contributed by atoms with Crippen LogP contribution in [-0.4, -0.2) is 62.4 Å². The fourth-order valence-electron chi connectivity index (χ4n) is 1.26. The highest BCUT2D eigenvalue weighted by molar-refractivity contribution is 5.77. The number of aliphatic hydroxyl groups is 1. The largest absolute Gasteiger partial charge is 0.395 e. The molecular weight excluding hydrogens is 208 g/mol. The molecule has 0 bridgehead atoms. The number of nitrogens with zero attached hydrogens (tertiary/aromatic N) is 1. The first-order valence-electron chi connectivity index (χ1n) is 5.44. The van der Waals surface area contributed by atoms with Gasteiger partial charge in [0.15, 0.2) is 0 Å². The topological polar surface area (TPSA) is 61.8 Å². The smallest absolute Gasteiger partial charge is 0.234 e. The van der Waals surface area contributed by atoms with E-state index in [1.165, 1.54) is 0 Å². The average molecular weight is 230 g/mol. The molecular formula is C11H22N2O3. The molecule has 0 aliphatic rings. The van der Waals surface area contributed by atoms with Crippen molar-refractivity contribution in [1.82, 2.24) is 10.2 Å². The highest BCUT2D eigenvalue weighted by Gasteiger charge is 2.07. The van der Waals surface area contributed by atoms with E-state index in [4.69, 9.17) is 9.84 Å². The van der Waals surface area contributed by atoms with Crippen LogP contribution in [0.5, 0.6) is 0 Å². The second-order valence-corrected chi connectivity index (χ2v) is 3.44. The van der Waals surface area contributed by atoms with Crippen LogP contribution in [-0.2, 0) is 9.53 Å². The summed E-state index contributed by atoms with van der Waals surface area (Å²) in [5.41, 5.74) is 0. The summed E-state index contributed by atoms with van der Waals surface area (Å²) in [5.74, 6) is -0.0357. The van der Waals surface area contributed by atoms with Gasteiger partial charge in [-0.2, -0.15) is 0 Å². The van der Waals surface area contributed by atoms with Gasteiger partial charge >= 0.3 is 0 Å². The van der Waals surface area contributed by atoms with Gasteiger partial charge in [0.25, 0.3) is 0 Å². The molecule has 0 saturated carbocycles. The molecule has 5 heteroatoms. The first-order valence-corrected chi connectivity index (χ1v) is 5.44.